The number of aromatic amines is 1. The SMILES string of the molecule is O=C(c1c[nH]c2ncc(-c3ccc(Cl)cc3)cc12)c1cccc2c1ccn2C(=O)O. The molecule has 2 aromatic carbocycles. The molecule has 0 fully saturated rings. The zero-order valence-electron chi connectivity index (χ0n) is 15.5. The van der Waals surface area contributed by atoms with Crippen molar-refractivity contribution in [2.24, 2.45) is 0 Å². The molecule has 0 saturated heterocycles. The van der Waals surface area contributed by atoms with E-state index in [1.807, 2.05) is 18.2 Å². The van der Waals surface area contributed by atoms with Gasteiger partial charge >= 0.3 is 6.09 Å². The normalized spacial score (nSPS) is 11.2. The predicted molar refractivity (Wildman–Crippen MR) is 115 cm³/mol. The number of rotatable bonds is 3. The van der Waals surface area contributed by atoms with E-state index in [-0.39, 0.29) is 5.78 Å². The van der Waals surface area contributed by atoms with Gasteiger partial charge in [0, 0.05) is 51.1 Å². The number of carbonyl (C=O) groups is 2. The molecule has 2 N–H and O–H groups in total. The number of hydrogen-bond donors (Lipinski definition) is 2. The van der Waals surface area contributed by atoms with E-state index >= 15 is 0 Å². The van der Waals surface area contributed by atoms with Gasteiger partial charge in [0.2, 0.25) is 0 Å². The van der Waals surface area contributed by atoms with Crippen LogP contribution in [0.1, 0.15) is 15.9 Å². The molecular formula is C23H14ClN3O3. The van der Waals surface area contributed by atoms with Gasteiger partial charge in [0.1, 0.15) is 5.65 Å². The Kier molecular flexibility index (Phi) is 4.15. The quantitative estimate of drug-likeness (QED) is 0.376. The Hall–Kier alpha value is -3.90. The number of nitrogens with one attached hydrogen (secondary N) is 1. The summed E-state index contributed by atoms with van der Waals surface area (Å²) >= 11 is 5.98. The third-order valence-electron chi connectivity index (χ3n) is 5.14. The number of H-pyrrole nitrogens is 1. The summed E-state index contributed by atoms with van der Waals surface area (Å²) in [5, 5.41) is 11.3. The fourth-order valence-electron chi connectivity index (χ4n) is 3.67. The molecule has 7 heteroatoms. The van der Waals surface area contributed by atoms with Crippen molar-refractivity contribution >= 4 is 45.4 Å². The first-order valence-corrected chi connectivity index (χ1v) is 9.52. The minimum Gasteiger partial charge on any atom is -0.464 e. The Morgan fingerprint density at radius 2 is 1.77 bits per heavy atom. The van der Waals surface area contributed by atoms with Gasteiger partial charge in [0.15, 0.2) is 5.78 Å². The van der Waals surface area contributed by atoms with E-state index in [0.29, 0.717) is 38.1 Å². The summed E-state index contributed by atoms with van der Waals surface area (Å²) in [6.45, 7) is 0. The Bertz CT molecular complexity index is 1450. The number of carboxylic acid groups (broad SMARTS) is 1. The molecule has 3 aromatic heterocycles. The van der Waals surface area contributed by atoms with Gasteiger partial charge in [0.05, 0.1) is 5.52 Å². The van der Waals surface area contributed by atoms with Crippen LogP contribution in [-0.4, -0.2) is 31.5 Å². The fraction of sp³-hybridized carbons (Fsp3) is 0. The molecule has 5 aromatic rings. The minimum atomic E-state index is -1.10. The van der Waals surface area contributed by atoms with Crippen LogP contribution in [0, 0.1) is 0 Å². The summed E-state index contributed by atoms with van der Waals surface area (Å²) in [5.74, 6) is -0.204. The zero-order chi connectivity index (χ0) is 20.8. The number of carbonyl (C=O) groups excluding carboxylic acids is 1. The van der Waals surface area contributed by atoms with Crippen molar-refractivity contribution in [1.82, 2.24) is 14.5 Å². The van der Waals surface area contributed by atoms with Crippen molar-refractivity contribution in [2.75, 3.05) is 0 Å². The highest BCUT2D eigenvalue weighted by molar-refractivity contribution is 6.30. The molecule has 30 heavy (non-hydrogen) atoms. The second-order valence-electron chi connectivity index (χ2n) is 6.87. The predicted octanol–water partition coefficient (Wildman–Crippen LogP) is 5.60. The van der Waals surface area contributed by atoms with E-state index < -0.39 is 6.09 Å². The smallest absolute Gasteiger partial charge is 0.415 e. The maximum atomic E-state index is 13.4. The monoisotopic (exact) mass is 415 g/mol. The maximum Gasteiger partial charge on any atom is 0.415 e. The number of fused-ring (bicyclic) bond motifs is 2. The van der Waals surface area contributed by atoms with Gasteiger partial charge in [0.25, 0.3) is 0 Å². The van der Waals surface area contributed by atoms with Crippen LogP contribution in [0.15, 0.2) is 73.2 Å². The largest absolute Gasteiger partial charge is 0.464 e. The molecule has 0 saturated carbocycles. The third kappa shape index (κ3) is 2.86. The molecule has 146 valence electrons. The van der Waals surface area contributed by atoms with Crippen LogP contribution < -0.4 is 0 Å². The van der Waals surface area contributed by atoms with E-state index in [1.165, 1.54) is 6.20 Å². The van der Waals surface area contributed by atoms with Crippen LogP contribution in [0.5, 0.6) is 0 Å². The maximum absolute atomic E-state index is 13.4. The van der Waals surface area contributed by atoms with Crippen molar-refractivity contribution in [3.05, 3.63) is 89.3 Å². The number of benzene rings is 2. The Labute approximate surface area is 175 Å². The molecule has 0 aliphatic rings. The number of nitrogens with zero attached hydrogens (tertiary/aromatic N) is 2. The summed E-state index contributed by atoms with van der Waals surface area (Å²) in [7, 11) is 0. The van der Waals surface area contributed by atoms with Crippen molar-refractivity contribution in [2.45, 2.75) is 0 Å². The summed E-state index contributed by atoms with van der Waals surface area (Å²) < 4.78 is 1.10. The minimum absolute atomic E-state index is 0.204. The van der Waals surface area contributed by atoms with Crippen LogP contribution in [-0.2, 0) is 0 Å². The standard InChI is InChI=1S/C23H14ClN3O3/c24-15-6-4-13(5-7-15)14-10-18-19(12-26-22(18)25-11-14)21(28)17-2-1-3-20-16(17)8-9-27(20)23(29)30/h1-12H,(H,25,26)(H,29,30). The van der Waals surface area contributed by atoms with E-state index in [9.17, 15) is 14.7 Å². The number of hydrogen-bond acceptors (Lipinski definition) is 3. The van der Waals surface area contributed by atoms with Crippen molar-refractivity contribution in [3.8, 4) is 11.1 Å². The first-order valence-electron chi connectivity index (χ1n) is 9.14. The van der Waals surface area contributed by atoms with E-state index in [2.05, 4.69) is 9.97 Å². The van der Waals surface area contributed by atoms with Crippen LogP contribution in [0.25, 0.3) is 33.1 Å². The Morgan fingerprint density at radius 3 is 2.53 bits per heavy atom. The highest BCUT2D eigenvalue weighted by Gasteiger charge is 2.19. The average molecular weight is 416 g/mol. The first-order chi connectivity index (χ1) is 14.5. The highest BCUT2D eigenvalue weighted by Crippen LogP contribution is 2.29. The van der Waals surface area contributed by atoms with E-state index in [4.69, 9.17) is 11.6 Å². The third-order valence-corrected chi connectivity index (χ3v) is 5.39. The molecule has 0 atom stereocenters. The molecule has 0 radical (unpaired) electrons. The molecule has 0 unspecified atom stereocenters. The van der Waals surface area contributed by atoms with E-state index in [1.54, 1.807) is 48.8 Å². The van der Waals surface area contributed by atoms with Gasteiger partial charge in [-0.3, -0.25) is 9.36 Å². The van der Waals surface area contributed by atoms with Gasteiger partial charge in [-0.2, -0.15) is 0 Å². The Balaban J connectivity index is 1.64. The van der Waals surface area contributed by atoms with Gasteiger partial charge < -0.3 is 10.1 Å². The number of ketones is 1. The number of pyridine rings is 1. The summed E-state index contributed by atoms with van der Waals surface area (Å²) in [6, 6.07) is 16.0. The lowest BCUT2D eigenvalue weighted by Crippen LogP contribution is -2.06. The lowest BCUT2D eigenvalue weighted by Gasteiger charge is -2.05. The van der Waals surface area contributed by atoms with Crippen molar-refractivity contribution in [3.63, 3.8) is 0 Å². The van der Waals surface area contributed by atoms with Gasteiger partial charge in [-0.15, -0.1) is 0 Å². The fourth-order valence-corrected chi connectivity index (χ4v) is 3.79. The lowest BCUT2D eigenvalue weighted by atomic mass is 9.99. The molecule has 0 aliphatic heterocycles. The van der Waals surface area contributed by atoms with Gasteiger partial charge in [-0.25, -0.2) is 9.78 Å². The van der Waals surface area contributed by atoms with Crippen molar-refractivity contribution < 1.29 is 14.7 Å². The molecule has 0 spiro atoms. The lowest BCUT2D eigenvalue weighted by molar-refractivity contribution is 0.104. The van der Waals surface area contributed by atoms with Crippen molar-refractivity contribution in [1.29, 1.82) is 0 Å². The van der Waals surface area contributed by atoms with Crippen LogP contribution in [0.4, 0.5) is 4.79 Å². The highest BCUT2D eigenvalue weighted by atomic mass is 35.5. The summed E-state index contributed by atoms with van der Waals surface area (Å²) in [4.78, 5) is 32.3. The van der Waals surface area contributed by atoms with Crippen LogP contribution in [0.2, 0.25) is 5.02 Å². The Morgan fingerprint density at radius 1 is 0.967 bits per heavy atom. The van der Waals surface area contributed by atoms with E-state index in [0.717, 1.165) is 15.7 Å². The van der Waals surface area contributed by atoms with Gasteiger partial charge in [-0.05, 0) is 35.9 Å². The zero-order valence-corrected chi connectivity index (χ0v) is 16.2. The van der Waals surface area contributed by atoms with Gasteiger partial charge in [-0.1, -0.05) is 35.9 Å². The molecule has 0 bridgehead atoms. The molecule has 0 amide bonds. The number of halogens is 1. The molecular weight excluding hydrogens is 402 g/mol. The summed E-state index contributed by atoms with van der Waals surface area (Å²) in [6.07, 6.45) is 3.72. The molecule has 3 heterocycles. The van der Waals surface area contributed by atoms with Crippen LogP contribution in [0.3, 0.4) is 0 Å². The second-order valence-corrected chi connectivity index (χ2v) is 7.30. The van der Waals surface area contributed by atoms with Crippen LogP contribution >= 0.6 is 11.6 Å². The first kappa shape index (κ1) is 18.1. The summed E-state index contributed by atoms with van der Waals surface area (Å²) in [5.41, 5.74) is 3.78. The molecule has 6 nitrogen and oxygen atoms in total. The molecule has 5 rings (SSSR count). The number of aromatic nitrogens is 3. The average Bonchev–Trinajstić information content (AvgIpc) is 3.37. The second kappa shape index (κ2) is 6.86. The molecule has 0 aliphatic carbocycles. The topological polar surface area (TPSA) is 88.0 Å².